The fourth-order valence-electron chi connectivity index (χ4n) is 2.12. The molecule has 0 aromatic rings. The van der Waals surface area contributed by atoms with Crippen LogP contribution in [0.4, 0.5) is 0 Å². The molecule has 0 aromatic carbocycles. The lowest BCUT2D eigenvalue weighted by atomic mass is 10.6. The Labute approximate surface area is 228 Å². The van der Waals surface area contributed by atoms with Crippen molar-refractivity contribution in [2.45, 2.75) is 0 Å². The summed E-state index contributed by atoms with van der Waals surface area (Å²) < 4.78 is 76.9. The highest BCUT2D eigenvalue weighted by molar-refractivity contribution is 7.85. The minimum Gasteiger partial charge on any atom is -0.394 e. The van der Waals surface area contributed by atoms with Gasteiger partial charge in [0.2, 0.25) is 0 Å². The van der Waals surface area contributed by atoms with Crippen molar-refractivity contribution in [2.75, 3.05) is 153 Å². The van der Waals surface area contributed by atoms with Crippen molar-refractivity contribution in [2.24, 2.45) is 0 Å². The summed E-state index contributed by atoms with van der Waals surface area (Å²) in [5.74, 6) is 0. The Balaban J connectivity index is 0. The summed E-state index contributed by atoms with van der Waals surface area (Å²) in [6, 6.07) is 0. The van der Waals surface area contributed by atoms with E-state index in [9.17, 15) is 8.42 Å². The number of rotatable bonds is 30. The Morgan fingerprint density at radius 2 is 0.658 bits per heavy atom. The summed E-state index contributed by atoms with van der Waals surface area (Å²) >= 11 is 0. The van der Waals surface area contributed by atoms with Gasteiger partial charge in [0.05, 0.1) is 138 Å². The molecule has 14 nitrogen and oxygen atoms in total. The van der Waals surface area contributed by atoms with E-state index in [1.807, 2.05) is 0 Å². The Hall–Kier alpha value is -0.530. The average Bonchev–Trinajstić information content (AvgIpc) is 2.89. The van der Waals surface area contributed by atoms with Gasteiger partial charge in [-0.25, -0.2) is 0 Å². The molecule has 232 valence electrons. The average molecular weight is 583 g/mol. The van der Waals surface area contributed by atoms with Crippen molar-refractivity contribution in [3.8, 4) is 0 Å². The number of aliphatic hydroxyl groups excluding tert-OH is 1. The van der Waals surface area contributed by atoms with Crippen LogP contribution in [0.1, 0.15) is 0 Å². The van der Waals surface area contributed by atoms with Gasteiger partial charge in [-0.3, -0.25) is 4.18 Å². The van der Waals surface area contributed by atoms with E-state index in [1.165, 1.54) is 0 Å². The summed E-state index contributed by atoms with van der Waals surface area (Å²) in [6.07, 6.45) is 1.00. The van der Waals surface area contributed by atoms with Gasteiger partial charge in [-0.15, -0.1) is 0 Å². The Morgan fingerprint density at radius 3 is 0.895 bits per heavy atom. The van der Waals surface area contributed by atoms with Crippen molar-refractivity contribution in [3.05, 3.63) is 0 Å². The molecular formula is C23H50O14S. The predicted molar refractivity (Wildman–Crippen MR) is 138 cm³/mol. The lowest BCUT2D eigenvalue weighted by Gasteiger charge is -2.08. The molecule has 0 saturated heterocycles. The quantitative estimate of drug-likeness (QED) is 0.0843. The SMILES string of the molecule is COCCOCCOCCOCCOCCOCCOCCO.COCCOCCOCCOS(C)(=O)=O. The third-order valence-electron chi connectivity index (χ3n) is 3.86. The van der Waals surface area contributed by atoms with Crippen molar-refractivity contribution >= 4 is 10.1 Å². The molecule has 0 heterocycles. The second-order valence-electron chi connectivity index (χ2n) is 7.13. The number of methoxy groups -OCH3 is 2. The maximum absolute atomic E-state index is 10.5. The maximum atomic E-state index is 10.5. The molecule has 0 spiro atoms. The zero-order chi connectivity index (χ0) is 28.4. The van der Waals surface area contributed by atoms with Gasteiger partial charge in [-0.2, -0.15) is 8.42 Å². The molecule has 0 aliphatic carbocycles. The Kier molecular flexibility index (Phi) is 36.0. The van der Waals surface area contributed by atoms with Crippen molar-refractivity contribution in [1.29, 1.82) is 0 Å². The van der Waals surface area contributed by atoms with Gasteiger partial charge in [0.1, 0.15) is 0 Å². The van der Waals surface area contributed by atoms with Crippen molar-refractivity contribution in [1.82, 2.24) is 0 Å². The fourth-order valence-corrected chi connectivity index (χ4v) is 2.49. The van der Waals surface area contributed by atoms with Crippen LogP contribution in [0, 0.1) is 0 Å². The zero-order valence-corrected chi connectivity index (χ0v) is 24.1. The van der Waals surface area contributed by atoms with Crippen LogP contribution in [0.25, 0.3) is 0 Å². The van der Waals surface area contributed by atoms with Gasteiger partial charge in [0.25, 0.3) is 10.1 Å². The van der Waals surface area contributed by atoms with Crippen LogP contribution < -0.4 is 0 Å². The van der Waals surface area contributed by atoms with E-state index < -0.39 is 10.1 Å². The molecule has 0 aromatic heterocycles. The fraction of sp³-hybridized carbons (Fsp3) is 1.00. The van der Waals surface area contributed by atoms with E-state index in [-0.39, 0.29) is 19.8 Å². The summed E-state index contributed by atoms with van der Waals surface area (Å²) in [4.78, 5) is 0. The van der Waals surface area contributed by atoms with E-state index in [1.54, 1.807) is 14.2 Å². The first-order valence-electron chi connectivity index (χ1n) is 12.5. The lowest BCUT2D eigenvalue weighted by Crippen LogP contribution is -2.14. The second kappa shape index (κ2) is 34.5. The molecular weight excluding hydrogens is 532 g/mol. The van der Waals surface area contributed by atoms with Gasteiger partial charge in [0, 0.05) is 14.2 Å². The molecule has 1 N–H and O–H groups in total. The van der Waals surface area contributed by atoms with Crippen molar-refractivity contribution in [3.63, 3.8) is 0 Å². The summed E-state index contributed by atoms with van der Waals surface area (Å²) in [7, 11) is -0.114. The van der Waals surface area contributed by atoms with Gasteiger partial charge in [-0.1, -0.05) is 0 Å². The largest absolute Gasteiger partial charge is 0.394 e. The maximum Gasteiger partial charge on any atom is 0.264 e. The highest BCUT2D eigenvalue weighted by atomic mass is 32.2. The molecule has 15 heteroatoms. The molecule has 0 aliphatic rings. The third kappa shape index (κ3) is 42.6. The van der Waals surface area contributed by atoms with Crippen molar-refractivity contribution < 1.29 is 65.1 Å². The topological polar surface area (TPSA) is 156 Å². The molecule has 0 unspecified atom stereocenters. The van der Waals surface area contributed by atoms with Crippen LogP contribution in [-0.2, 0) is 61.7 Å². The summed E-state index contributed by atoms with van der Waals surface area (Å²) in [5, 5.41) is 8.49. The van der Waals surface area contributed by atoms with Gasteiger partial charge >= 0.3 is 0 Å². The first-order chi connectivity index (χ1) is 18.5. The number of hydrogen-bond acceptors (Lipinski definition) is 14. The van der Waals surface area contributed by atoms with Crippen LogP contribution in [0.3, 0.4) is 0 Å². The predicted octanol–water partition coefficient (Wildman–Crippen LogP) is -0.633. The first kappa shape index (κ1) is 39.6. The van der Waals surface area contributed by atoms with Crippen LogP contribution >= 0.6 is 0 Å². The molecule has 0 amide bonds. The molecule has 0 bridgehead atoms. The van der Waals surface area contributed by atoms with E-state index in [2.05, 4.69) is 4.18 Å². The van der Waals surface area contributed by atoms with Crippen LogP contribution in [0.2, 0.25) is 0 Å². The summed E-state index contributed by atoms with van der Waals surface area (Å²) in [6.45, 7) is 9.13. The second-order valence-corrected chi connectivity index (χ2v) is 8.78. The smallest absolute Gasteiger partial charge is 0.264 e. The lowest BCUT2D eigenvalue weighted by molar-refractivity contribution is -0.0202. The molecule has 0 rings (SSSR count). The Morgan fingerprint density at radius 1 is 0.421 bits per heavy atom. The van der Waals surface area contributed by atoms with E-state index in [4.69, 9.17) is 52.5 Å². The zero-order valence-electron chi connectivity index (χ0n) is 23.3. The van der Waals surface area contributed by atoms with Crippen LogP contribution in [0.5, 0.6) is 0 Å². The number of aliphatic hydroxyl groups is 1. The molecule has 0 fully saturated rings. The Bertz CT molecular complexity index is 504. The first-order valence-corrected chi connectivity index (χ1v) is 14.3. The highest BCUT2D eigenvalue weighted by Crippen LogP contribution is 1.87. The minimum absolute atomic E-state index is 0.0380. The van der Waals surface area contributed by atoms with E-state index >= 15 is 0 Å². The third-order valence-corrected chi connectivity index (χ3v) is 4.45. The standard InChI is InChI=1S/C15H32O8.C8H18O6S/c1-17-4-5-19-8-9-21-12-13-23-15-14-22-11-10-20-7-6-18-3-2-16;1-11-3-4-12-5-6-13-7-8-14-15(2,9)10/h16H,2-15H2,1H3;3-8H2,1-2H3. The molecule has 0 aliphatic heterocycles. The van der Waals surface area contributed by atoms with Crippen LogP contribution in [0.15, 0.2) is 0 Å². The molecule has 0 saturated carbocycles. The van der Waals surface area contributed by atoms with Gasteiger partial charge in [0.15, 0.2) is 0 Å². The van der Waals surface area contributed by atoms with E-state index in [0.29, 0.717) is 112 Å². The number of ether oxygens (including phenoxy) is 10. The van der Waals surface area contributed by atoms with Gasteiger partial charge < -0.3 is 52.5 Å². The van der Waals surface area contributed by atoms with Crippen LogP contribution in [-0.4, -0.2) is 166 Å². The van der Waals surface area contributed by atoms with Gasteiger partial charge in [-0.05, 0) is 0 Å². The monoisotopic (exact) mass is 582 g/mol. The normalized spacial score (nSPS) is 11.5. The highest BCUT2D eigenvalue weighted by Gasteiger charge is 2.00. The van der Waals surface area contributed by atoms with E-state index in [0.717, 1.165) is 6.26 Å². The molecule has 0 atom stereocenters. The molecule has 0 radical (unpaired) electrons. The number of hydrogen-bond donors (Lipinski definition) is 1. The minimum atomic E-state index is -3.36. The molecule has 38 heavy (non-hydrogen) atoms. The summed E-state index contributed by atoms with van der Waals surface area (Å²) in [5.41, 5.74) is 0.